The number of aliphatic imine (C=N–C) groups is 1. The van der Waals surface area contributed by atoms with Crippen LogP contribution < -0.4 is 0 Å². The normalized spacial score (nSPS) is 23.9. The fraction of sp³-hybridized carbons (Fsp3) is 0.714. The van der Waals surface area contributed by atoms with Crippen molar-refractivity contribution in [3.05, 3.63) is 0 Å². The van der Waals surface area contributed by atoms with Gasteiger partial charge in [-0.25, -0.2) is 4.99 Å². The van der Waals surface area contributed by atoms with Crippen LogP contribution in [0.3, 0.4) is 0 Å². The van der Waals surface area contributed by atoms with Crippen molar-refractivity contribution in [2.24, 2.45) is 4.99 Å². The van der Waals surface area contributed by atoms with Gasteiger partial charge in [0, 0.05) is 13.1 Å². The number of ether oxygens (including phenoxy) is 1. The third-order valence-corrected chi connectivity index (χ3v) is 4.00. The van der Waals surface area contributed by atoms with E-state index >= 15 is 0 Å². The van der Waals surface area contributed by atoms with Crippen molar-refractivity contribution in [2.75, 3.05) is 33.0 Å². The fourth-order valence-corrected chi connectivity index (χ4v) is 2.70. The van der Waals surface area contributed by atoms with Crippen LogP contribution in [0.4, 0.5) is 0 Å². The molecule has 1 fully saturated rings. The van der Waals surface area contributed by atoms with Crippen molar-refractivity contribution in [3.63, 3.8) is 0 Å². The first-order valence-corrected chi connectivity index (χ1v) is 5.79. The highest BCUT2D eigenvalue weighted by molar-refractivity contribution is 7.83. The van der Waals surface area contributed by atoms with Crippen LogP contribution in [0.1, 0.15) is 0 Å². The molecule has 7 heteroatoms. The second-order valence-electron chi connectivity index (χ2n) is 3.03. The van der Waals surface area contributed by atoms with Crippen LogP contribution >= 0.6 is 0 Å². The molecule has 2 aliphatic heterocycles. The summed E-state index contributed by atoms with van der Waals surface area (Å²) in [6.45, 7) is 1.97. The van der Waals surface area contributed by atoms with Gasteiger partial charge < -0.3 is 4.74 Å². The molecule has 14 heavy (non-hydrogen) atoms. The number of rotatable bonds is 2. The molecular formula is C7H12N3O3S+. The molecule has 0 radical (unpaired) electrons. The molecule has 2 aliphatic rings. The van der Waals surface area contributed by atoms with Crippen molar-refractivity contribution in [2.45, 2.75) is 0 Å². The lowest BCUT2D eigenvalue weighted by molar-refractivity contribution is -0.359. The number of morpholine rings is 1. The standard InChI is InChI=1S/C7H12N3O3S/c11-14(12,10-2-1-8-7-10)9-3-5-13-6-4-9/h1-2H,3-7H2/q+1. The average Bonchev–Trinajstić information content (AvgIpc) is 2.72. The molecule has 0 aromatic heterocycles. The summed E-state index contributed by atoms with van der Waals surface area (Å²) in [5.74, 6) is 0. The van der Waals surface area contributed by atoms with Crippen LogP contribution in [-0.2, 0) is 14.9 Å². The maximum absolute atomic E-state index is 11.9. The van der Waals surface area contributed by atoms with Gasteiger partial charge in [0.2, 0.25) is 6.21 Å². The first-order valence-electron chi connectivity index (χ1n) is 4.39. The number of nitrogens with zero attached hydrogens (tertiary/aromatic N) is 3. The lowest BCUT2D eigenvalue weighted by atomic mass is 10.5. The van der Waals surface area contributed by atoms with E-state index in [9.17, 15) is 8.42 Å². The van der Waals surface area contributed by atoms with Gasteiger partial charge in [0.25, 0.3) is 6.67 Å². The molecule has 2 rings (SSSR count). The predicted molar refractivity (Wildman–Crippen MR) is 51.0 cm³/mol. The molecule has 0 atom stereocenters. The molecular weight excluding hydrogens is 206 g/mol. The summed E-state index contributed by atoms with van der Waals surface area (Å²) in [6, 6.07) is 0. The molecule has 0 aliphatic carbocycles. The van der Waals surface area contributed by atoms with Crippen molar-refractivity contribution >= 4 is 22.6 Å². The summed E-state index contributed by atoms with van der Waals surface area (Å²) in [6.07, 6.45) is 2.97. The summed E-state index contributed by atoms with van der Waals surface area (Å²) < 4.78 is 31.5. The fourth-order valence-electron chi connectivity index (χ4n) is 1.37. The summed E-state index contributed by atoms with van der Waals surface area (Å²) in [4.78, 5) is 3.83. The van der Waals surface area contributed by atoms with E-state index in [0.29, 0.717) is 26.3 Å². The Morgan fingerprint density at radius 1 is 1.36 bits per heavy atom. The van der Waals surface area contributed by atoms with Crippen molar-refractivity contribution in [3.8, 4) is 0 Å². The van der Waals surface area contributed by atoms with Gasteiger partial charge in [-0.3, -0.25) is 0 Å². The topological polar surface area (TPSA) is 62.0 Å². The zero-order chi connectivity index (χ0) is 10.0. The van der Waals surface area contributed by atoms with Crippen LogP contribution in [0.15, 0.2) is 4.99 Å². The third kappa shape index (κ3) is 1.70. The molecule has 78 valence electrons. The molecule has 0 spiro atoms. The molecule has 6 nitrogen and oxygen atoms in total. The van der Waals surface area contributed by atoms with Gasteiger partial charge in [0.15, 0.2) is 0 Å². The van der Waals surface area contributed by atoms with Crippen molar-refractivity contribution < 1.29 is 17.1 Å². The first-order chi connectivity index (χ1) is 6.71. The molecule has 0 N–H and O–H groups in total. The van der Waals surface area contributed by atoms with E-state index in [1.165, 1.54) is 20.7 Å². The quantitative estimate of drug-likeness (QED) is 0.541. The molecule has 0 aromatic rings. The maximum atomic E-state index is 11.9. The highest BCUT2D eigenvalue weighted by Gasteiger charge is 2.34. The van der Waals surface area contributed by atoms with Crippen LogP contribution in [0.2, 0.25) is 0 Å². The lowest BCUT2D eigenvalue weighted by Gasteiger charge is -2.22. The predicted octanol–water partition coefficient (Wildman–Crippen LogP) is -1.31. The van der Waals surface area contributed by atoms with E-state index in [1.54, 1.807) is 0 Å². The van der Waals surface area contributed by atoms with E-state index in [1.807, 2.05) is 0 Å². The third-order valence-electron chi connectivity index (χ3n) is 2.15. The second-order valence-corrected chi connectivity index (χ2v) is 4.91. The van der Waals surface area contributed by atoms with E-state index in [-0.39, 0.29) is 6.67 Å². The number of hydrogen-bond acceptors (Lipinski definition) is 4. The second kappa shape index (κ2) is 3.76. The van der Waals surface area contributed by atoms with Gasteiger partial charge in [-0.1, -0.05) is 3.98 Å². The van der Waals surface area contributed by atoms with Gasteiger partial charge in [-0.15, -0.1) is 12.7 Å². The van der Waals surface area contributed by atoms with E-state index in [4.69, 9.17) is 4.74 Å². The minimum absolute atomic E-state index is 0.194. The monoisotopic (exact) mass is 218 g/mol. The Hall–Kier alpha value is -0.790. The molecule has 0 unspecified atom stereocenters. The first kappa shape index (κ1) is 9.75. The summed E-state index contributed by atoms with van der Waals surface area (Å²) in [7, 11) is -3.36. The average molecular weight is 218 g/mol. The van der Waals surface area contributed by atoms with Crippen molar-refractivity contribution in [1.82, 2.24) is 4.31 Å². The largest absolute Gasteiger partial charge is 0.444 e. The van der Waals surface area contributed by atoms with Gasteiger partial charge >= 0.3 is 10.2 Å². The van der Waals surface area contributed by atoms with E-state index in [2.05, 4.69) is 4.99 Å². The zero-order valence-corrected chi connectivity index (χ0v) is 8.48. The van der Waals surface area contributed by atoms with Gasteiger partial charge in [-0.2, -0.15) is 0 Å². The van der Waals surface area contributed by atoms with Crippen molar-refractivity contribution in [1.29, 1.82) is 0 Å². The lowest BCUT2D eigenvalue weighted by Crippen LogP contribution is -2.45. The number of hydrogen-bond donors (Lipinski definition) is 0. The Morgan fingerprint density at radius 2 is 2.07 bits per heavy atom. The van der Waals surface area contributed by atoms with Crippen LogP contribution in [-0.4, -0.2) is 62.1 Å². The Balaban J connectivity index is 2.15. The zero-order valence-electron chi connectivity index (χ0n) is 7.66. The molecule has 0 bridgehead atoms. The van der Waals surface area contributed by atoms with Crippen LogP contribution in [0.25, 0.3) is 0 Å². The minimum atomic E-state index is -3.36. The summed E-state index contributed by atoms with van der Waals surface area (Å²) in [5.41, 5.74) is 0. The minimum Gasteiger partial charge on any atom is -0.379 e. The Morgan fingerprint density at radius 3 is 2.64 bits per heavy atom. The smallest absolute Gasteiger partial charge is 0.379 e. The van der Waals surface area contributed by atoms with Gasteiger partial charge in [-0.05, 0) is 0 Å². The SMILES string of the molecule is O=S(=O)(N1CCOCC1)[N+]1=CC=NC1. The highest BCUT2D eigenvalue weighted by Crippen LogP contribution is 2.07. The highest BCUT2D eigenvalue weighted by atomic mass is 32.2. The molecule has 0 saturated carbocycles. The summed E-state index contributed by atoms with van der Waals surface area (Å²) >= 11 is 0. The molecule has 0 aromatic carbocycles. The Kier molecular flexibility index (Phi) is 2.62. The van der Waals surface area contributed by atoms with E-state index in [0.717, 1.165) is 0 Å². The van der Waals surface area contributed by atoms with Crippen LogP contribution in [0.5, 0.6) is 0 Å². The summed E-state index contributed by atoms with van der Waals surface area (Å²) in [5, 5.41) is 0. The molecule has 0 amide bonds. The Labute approximate surface area is 82.7 Å². The molecule has 2 heterocycles. The Bertz CT molecular complexity index is 368. The molecule has 1 saturated heterocycles. The van der Waals surface area contributed by atoms with Gasteiger partial charge in [0.1, 0.15) is 0 Å². The van der Waals surface area contributed by atoms with Crippen LogP contribution in [0, 0.1) is 0 Å². The van der Waals surface area contributed by atoms with Gasteiger partial charge in [0.05, 0.1) is 19.4 Å². The maximum Gasteiger partial charge on any atom is 0.444 e. The van der Waals surface area contributed by atoms with E-state index < -0.39 is 10.2 Å².